The van der Waals surface area contributed by atoms with Crippen LogP contribution in [-0.4, -0.2) is 41.4 Å². The maximum atomic E-state index is 13.3. The number of halogens is 1. The van der Waals surface area contributed by atoms with Crippen LogP contribution in [0.1, 0.15) is 65.0 Å². The maximum absolute atomic E-state index is 13.3. The predicted octanol–water partition coefficient (Wildman–Crippen LogP) is 5.72. The number of hydrogen-bond donors (Lipinski definition) is 1. The van der Waals surface area contributed by atoms with E-state index in [0.29, 0.717) is 31.1 Å². The van der Waals surface area contributed by atoms with E-state index in [-0.39, 0.29) is 24.0 Å². The number of carbonyl (C=O) groups excluding carboxylic acids is 2. The largest absolute Gasteiger partial charge is 0.483 e. The smallest absolute Gasteiger partial charge is 0.261 e. The van der Waals surface area contributed by atoms with Crippen LogP contribution in [-0.2, 0) is 16.0 Å². The Morgan fingerprint density at radius 3 is 2.30 bits per heavy atom. The van der Waals surface area contributed by atoms with Crippen molar-refractivity contribution in [2.24, 2.45) is 0 Å². The molecule has 0 radical (unpaired) electrons. The molecule has 0 bridgehead atoms. The second kappa shape index (κ2) is 12.2. The minimum Gasteiger partial charge on any atom is -0.483 e. The van der Waals surface area contributed by atoms with Crippen LogP contribution in [0.5, 0.6) is 5.75 Å². The second-order valence-electron chi connectivity index (χ2n) is 9.62. The minimum atomic E-state index is -0.559. The number of nitrogens with one attached hydrogen (secondary N) is 1. The van der Waals surface area contributed by atoms with Crippen molar-refractivity contribution in [2.75, 3.05) is 13.2 Å². The monoisotopic (exact) mass is 516 g/mol. The van der Waals surface area contributed by atoms with E-state index in [9.17, 15) is 9.59 Å². The summed E-state index contributed by atoms with van der Waals surface area (Å²) < 4.78 is 6.69. The van der Waals surface area contributed by atoms with Gasteiger partial charge in [-0.15, -0.1) is 0 Å². The van der Waals surface area contributed by atoms with Crippen LogP contribution >= 0.6 is 15.9 Å². The summed E-state index contributed by atoms with van der Waals surface area (Å²) in [5, 5.41) is 3.02. The Morgan fingerprint density at radius 1 is 1.09 bits per heavy atom. The van der Waals surface area contributed by atoms with Gasteiger partial charge in [-0.25, -0.2) is 0 Å². The third kappa shape index (κ3) is 8.50. The first-order valence-electron chi connectivity index (χ1n) is 11.6. The molecule has 2 aromatic rings. The molecule has 0 saturated heterocycles. The zero-order valence-electron chi connectivity index (χ0n) is 20.7. The molecule has 33 heavy (non-hydrogen) atoms. The lowest BCUT2D eigenvalue weighted by Gasteiger charge is -2.33. The lowest BCUT2D eigenvalue weighted by molar-refractivity contribution is -0.142. The molecule has 6 heteroatoms. The van der Waals surface area contributed by atoms with Gasteiger partial charge in [0.25, 0.3) is 5.91 Å². The molecule has 0 aliphatic rings. The number of nitrogens with zero attached hydrogens (tertiary/aromatic N) is 1. The quantitative estimate of drug-likeness (QED) is 0.439. The summed E-state index contributed by atoms with van der Waals surface area (Å²) in [6.07, 6.45) is 1.19. The fraction of sp³-hybridized carbons (Fsp3) is 0.481. The van der Waals surface area contributed by atoms with Gasteiger partial charge < -0.3 is 15.0 Å². The van der Waals surface area contributed by atoms with Gasteiger partial charge in [-0.1, -0.05) is 57.2 Å². The second-order valence-corrected chi connectivity index (χ2v) is 10.5. The Morgan fingerprint density at radius 2 is 1.76 bits per heavy atom. The highest BCUT2D eigenvalue weighted by atomic mass is 79.9. The molecule has 1 N–H and O–H groups in total. The molecule has 2 aromatic carbocycles. The molecular weight excluding hydrogens is 480 g/mol. The van der Waals surface area contributed by atoms with Crippen molar-refractivity contribution in [3.63, 3.8) is 0 Å². The zero-order valence-corrected chi connectivity index (χ0v) is 22.2. The van der Waals surface area contributed by atoms with Gasteiger partial charge in [0, 0.05) is 12.1 Å². The van der Waals surface area contributed by atoms with Gasteiger partial charge in [0.15, 0.2) is 6.61 Å². The fourth-order valence-electron chi connectivity index (χ4n) is 3.56. The van der Waals surface area contributed by atoms with E-state index in [4.69, 9.17) is 4.74 Å². The Hall–Kier alpha value is -2.34. The molecule has 2 amide bonds. The Bertz CT molecular complexity index is 923. The SMILES string of the molecule is CCC(C(=O)NC(C)(C)C)N(CCc1ccccc1)C(=O)COc1ccc(C(C)C)cc1Br. The van der Waals surface area contributed by atoms with Gasteiger partial charge in [0.05, 0.1) is 4.47 Å². The molecule has 0 aliphatic carbocycles. The van der Waals surface area contributed by atoms with E-state index in [0.717, 1.165) is 10.0 Å². The number of amides is 2. The van der Waals surface area contributed by atoms with Crippen LogP contribution in [0.3, 0.4) is 0 Å². The van der Waals surface area contributed by atoms with Crippen LogP contribution in [0, 0.1) is 0 Å². The Balaban J connectivity index is 2.18. The molecular formula is C27H37BrN2O3. The molecule has 1 unspecified atom stereocenters. The highest BCUT2D eigenvalue weighted by Gasteiger charge is 2.30. The first-order valence-corrected chi connectivity index (χ1v) is 12.4. The van der Waals surface area contributed by atoms with E-state index in [2.05, 4.69) is 35.1 Å². The van der Waals surface area contributed by atoms with Crippen molar-refractivity contribution in [3.05, 3.63) is 64.1 Å². The van der Waals surface area contributed by atoms with E-state index in [1.54, 1.807) is 4.90 Å². The minimum absolute atomic E-state index is 0.131. The molecule has 180 valence electrons. The summed E-state index contributed by atoms with van der Waals surface area (Å²) in [6.45, 7) is 12.3. The predicted molar refractivity (Wildman–Crippen MR) is 138 cm³/mol. The van der Waals surface area contributed by atoms with Crippen LogP contribution in [0.15, 0.2) is 53.0 Å². The van der Waals surface area contributed by atoms with Crippen molar-refractivity contribution in [3.8, 4) is 5.75 Å². The highest BCUT2D eigenvalue weighted by molar-refractivity contribution is 9.10. The standard InChI is InChI=1S/C27H37BrN2O3/c1-7-23(26(32)29-27(4,5)6)30(16-15-20-11-9-8-10-12-20)25(31)18-33-24-14-13-21(19(2)3)17-22(24)28/h8-14,17,19,23H,7,15-16,18H2,1-6H3,(H,29,32). The van der Waals surface area contributed by atoms with Crippen LogP contribution in [0.2, 0.25) is 0 Å². The summed E-state index contributed by atoms with van der Waals surface area (Å²) in [5.74, 6) is 0.663. The van der Waals surface area contributed by atoms with Crippen molar-refractivity contribution in [1.29, 1.82) is 0 Å². The number of ether oxygens (including phenoxy) is 1. The first kappa shape index (κ1) is 26.9. The van der Waals surface area contributed by atoms with Gasteiger partial charge in [0.2, 0.25) is 5.91 Å². The third-order valence-corrected chi connectivity index (χ3v) is 5.96. The molecule has 0 aliphatic heterocycles. The average molecular weight is 518 g/mol. The maximum Gasteiger partial charge on any atom is 0.261 e. The van der Waals surface area contributed by atoms with Crippen molar-refractivity contribution in [2.45, 2.75) is 71.9 Å². The van der Waals surface area contributed by atoms with Gasteiger partial charge in [-0.05, 0) is 78.7 Å². The third-order valence-electron chi connectivity index (χ3n) is 5.34. The summed E-state index contributed by atoms with van der Waals surface area (Å²) in [7, 11) is 0. The van der Waals surface area contributed by atoms with E-state index < -0.39 is 6.04 Å². The van der Waals surface area contributed by atoms with Gasteiger partial charge >= 0.3 is 0 Å². The van der Waals surface area contributed by atoms with Crippen LogP contribution in [0.25, 0.3) is 0 Å². The molecule has 2 rings (SSSR count). The number of benzene rings is 2. The average Bonchev–Trinajstić information content (AvgIpc) is 2.74. The number of hydrogen-bond acceptors (Lipinski definition) is 3. The van der Waals surface area contributed by atoms with Crippen molar-refractivity contribution >= 4 is 27.7 Å². The van der Waals surface area contributed by atoms with Gasteiger partial charge in [-0.2, -0.15) is 0 Å². The van der Waals surface area contributed by atoms with E-state index in [1.165, 1.54) is 5.56 Å². The van der Waals surface area contributed by atoms with Crippen molar-refractivity contribution in [1.82, 2.24) is 10.2 Å². The Kier molecular flexibility index (Phi) is 9.96. The normalized spacial score (nSPS) is 12.4. The summed E-state index contributed by atoms with van der Waals surface area (Å²) in [5.41, 5.74) is 1.93. The summed E-state index contributed by atoms with van der Waals surface area (Å²) in [4.78, 5) is 28.0. The topological polar surface area (TPSA) is 58.6 Å². The number of rotatable bonds is 10. The highest BCUT2D eigenvalue weighted by Crippen LogP contribution is 2.29. The summed E-state index contributed by atoms with van der Waals surface area (Å²) in [6, 6.07) is 15.3. The lowest BCUT2D eigenvalue weighted by Crippen LogP contribution is -2.54. The lowest BCUT2D eigenvalue weighted by atomic mass is 10.0. The molecule has 0 saturated carbocycles. The van der Waals surface area contributed by atoms with Gasteiger partial charge in [-0.3, -0.25) is 9.59 Å². The van der Waals surface area contributed by atoms with Crippen LogP contribution < -0.4 is 10.1 Å². The van der Waals surface area contributed by atoms with Crippen LogP contribution in [0.4, 0.5) is 0 Å². The van der Waals surface area contributed by atoms with E-state index in [1.807, 2.05) is 76.2 Å². The molecule has 0 heterocycles. The fourth-order valence-corrected chi connectivity index (χ4v) is 4.08. The Labute approximate surface area is 207 Å². The zero-order chi connectivity index (χ0) is 24.6. The van der Waals surface area contributed by atoms with E-state index >= 15 is 0 Å². The molecule has 1 atom stereocenters. The number of carbonyl (C=O) groups is 2. The first-order chi connectivity index (χ1) is 15.5. The molecule has 0 spiro atoms. The van der Waals surface area contributed by atoms with Crippen molar-refractivity contribution < 1.29 is 14.3 Å². The molecule has 0 fully saturated rings. The molecule has 5 nitrogen and oxygen atoms in total. The van der Waals surface area contributed by atoms with Gasteiger partial charge in [0.1, 0.15) is 11.8 Å². The summed E-state index contributed by atoms with van der Waals surface area (Å²) >= 11 is 3.55. The molecule has 0 aromatic heterocycles.